The molecule has 3 aromatic rings. The molecule has 1 aliphatic rings. The van der Waals surface area contributed by atoms with Crippen molar-refractivity contribution < 1.29 is 14.3 Å². The van der Waals surface area contributed by atoms with Crippen molar-refractivity contribution in [1.29, 1.82) is 0 Å². The van der Waals surface area contributed by atoms with E-state index < -0.39 is 6.04 Å². The van der Waals surface area contributed by atoms with Crippen molar-refractivity contribution in [1.82, 2.24) is 9.80 Å². The lowest BCUT2D eigenvalue weighted by Gasteiger charge is -2.24. The van der Waals surface area contributed by atoms with Crippen LogP contribution in [0.15, 0.2) is 78.9 Å². The van der Waals surface area contributed by atoms with Gasteiger partial charge in [-0.05, 0) is 48.5 Å². The molecule has 1 aliphatic heterocycles. The van der Waals surface area contributed by atoms with E-state index in [0.717, 1.165) is 11.1 Å². The minimum Gasteiger partial charge on any atom is -0.494 e. The van der Waals surface area contributed by atoms with Crippen molar-refractivity contribution in [3.8, 4) is 5.75 Å². The lowest BCUT2D eigenvalue weighted by atomic mass is 10.1. The van der Waals surface area contributed by atoms with Gasteiger partial charge in [-0.3, -0.25) is 14.5 Å². The minimum atomic E-state index is -0.738. The summed E-state index contributed by atoms with van der Waals surface area (Å²) in [4.78, 5) is 29.9. The fourth-order valence-corrected chi connectivity index (χ4v) is 4.55. The predicted molar refractivity (Wildman–Crippen MR) is 141 cm³/mol. The number of benzene rings is 3. The Kier molecular flexibility index (Phi) is 8.00. The largest absolute Gasteiger partial charge is 0.494 e. The Balaban J connectivity index is 1.55. The van der Waals surface area contributed by atoms with E-state index in [2.05, 4.69) is 5.32 Å². The van der Waals surface area contributed by atoms with Crippen LogP contribution in [-0.4, -0.2) is 39.4 Å². The first kappa shape index (κ1) is 24.7. The monoisotopic (exact) mass is 507 g/mol. The quantitative estimate of drug-likeness (QED) is 0.400. The molecule has 1 atom stereocenters. The van der Waals surface area contributed by atoms with Crippen LogP contribution in [0.4, 0.5) is 5.69 Å². The topological polar surface area (TPSA) is 61.9 Å². The zero-order valence-corrected chi connectivity index (χ0v) is 20.9. The van der Waals surface area contributed by atoms with Crippen LogP contribution >= 0.6 is 23.8 Å². The Hall–Kier alpha value is -3.42. The number of hydrogen-bond acceptors (Lipinski definition) is 4. The third kappa shape index (κ3) is 5.99. The summed E-state index contributed by atoms with van der Waals surface area (Å²) in [6.45, 7) is 3.09. The number of anilines is 1. The third-order valence-corrected chi connectivity index (χ3v) is 6.52. The van der Waals surface area contributed by atoms with Gasteiger partial charge in [0.25, 0.3) is 5.91 Å². The van der Waals surface area contributed by atoms with Gasteiger partial charge < -0.3 is 15.0 Å². The van der Waals surface area contributed by atoms with Gasteiger partial charge in [-0.25, -0.2) is 0 Å². The van der Waals surface area contributed by atoms with Gasteiger partial charge in [-0.2, -0.15) is 0 Å². The number of halogens is 1. The zero-order chi connectivity index (χ0) is 24.8. The molecular formula is C27H26ClN3O3S. The maximum absolute atomic E-state index is 13.5. The van der Waals surface area contributed by atoms with E-state index in [-0.39, 0.29) is 18.2 Å². The van der Waals surface area contributed by atoms with Gasteiger partial charge in [0, 0.05) is 23.3 Å². The molecule has 1 fully saturated rings. The molecule has 1 N–H and O–H groups in total. The smallest absolute Gasteiger partial charge is 0.252 e. The summed E-state index contributed by atoms with van der Waals surface area (Å²) >= 11 is 12.1. The maximum Gasteiger partial charge on any atom is 0.252 e. The molecule has 0 aromatic heterocycles. The average molecular weight is 508 g/mol. The van der Waals surface area contributed by atoms with Crippen molar-refractivity contribution in [2.24, 2.45) is 0 Å². The first-order chi connectivity index (χ1) is 17.0. The van der Waals surface area contributed by atoms with E-state index in [9.17, 15) is 9.59 Å². The van der Waals surface area contributed by atoms with Crippen LogP contribution in [-0.2, 0) is 22.7 Å². The number of rotatable bonds is 9. The molecular weight excluding hydrogens is 482 g/mol. The summed E-state index contributed by atoms with van der Waals surface area (Å²) in [6, 6.07) is 23.5. The highest BCUT2D eigenvalue weighted by atomic mass is 35.5. The molecule has 0 unspecified atom stereocenters. The molecule has 0 bridgehead atoms. The van der Waals surface area contributed by atoms with Crippen molar-refractivity contribution in [3.05, 3.63) is 95.0 Å². The van der Waals surface area contributed by atoms with Crippen LogP contribution in [0, 0.1) is 0 Å². The number of nitrogens with one attached hydrogen (secondary N) is 1. The number of carbonyl (C=O) groups excluding carboxylic acids is 2. The van der Waals surface area contributed by atoms with E-state index in [4.69, 9.17) is 28.6 Å². The van der Waals surface area contributed by atoms with Crippen LogP contribution in [0.1, 0.15) is 24.5 Å². The number of thiocarbonyl (C=S) groups is 1. The SMILES string of the molecule is CCOc1cccc(NC(=O)C[C@@H]2C(=O)N(Cc3ccccc3)C(=S)N2Cc2ccccc2Cl)c1. The second-order valence-electron chi connectivity index (χ2n) is 8.14. The Morgan fingerprint density at radius 1 is 1.03 bits per heavy atom. The van der Waals surface area contributed by atoms with Gasteiger partial charge in [0.2, 0.25) is 5.91 Å². The Morgan fingerprint density at radius 2 is 1.77 bits per heavy atom. The predicted octanol–water partition coefficient (Wildman–Crippen LogP) is 5.27. The number of amides is 2. The first-order valence-corrected chi connectivity index (χ1v) is 12.2. The van der Waals surface area contributed by atoms with E-state index in [1.54, 1.807) is 28.0 Å². The second-order valence-corrected chi connectivity index (χ2v) is 8.91. The van der Waals surface area contributed by atoms with Gasteiger partial charge in [-0.1, -0.05) is 66.2 Å². The maximum atomic E-state index is 13.5. The van der Waals surface area contributed by atoms with Gasteiger partial charge in [-0.15, -0.1) is 0 Å². The summed E-state index contributed by atoms with van der Waals surface area (Å²) in [5.74, 6) is 0.174. The van der Waals surface area contributed by atoms with E-state index in [1.807, 2.05) is 67.6 Å². The van der Waals surface area contributed by atoms with Crippen molar-refractivity contribution >= 4 is 46.4 Å². The lowest BCUT2D eigenvalue weighted by Crippen LogP contribution is -2.37. The summed E-state index contributed by atoms with van der Waals surface area (Å²) in [5.41, 5.74) is 2.40. The number of ether oxygens (including phenoxy) is 1. The molecule has 0 saturated carbocycles. The molecule has 0 aliphatic carbocycles. The molecule has 6 nitrogen and oxygen atoms in total. The number of hydrogen-bond donors (Lipinski definition) is 1. The van der Waals surface area contributed by atoms with Gasteiger partial charge in [0.05, 0.1) is 19.6 Å². The second kappa shape index (κ2) is 11.3. The molecule has 0 radical (unpaired) electrons. The number of nitrogens with zero attached hydrogens (tertiary/aromatic N) is 2. The zero-order valence-electron chi connectivity index (χ0n) is 19.3. The van der Waals surface area contributed by atoms with Crippen LogP contribution in [0.5, 0.6) is 5.75 Å². The van der Waals surface area contributed by atoms with Gasteiger partial charge in [0.15, 0.2) is 5.11 Å². The molecule has 180 valence electrons. The fraction of sp³-hybridized carbons (Fsp3) is 0.222. The molecule has 3 aromatic carbocycles. The number of carbonyl (C=O) groups is 2. The first-order valence-electron chi connectivity index (χ1n) is 11.4. The van der Waals surface area contributed by atoms with Gasteiger partial charge >= 0.3 is 0 Å². The van der Waals surface area contributed by atoms with Crippen LogP contribution in [0.3, 0.4) is 0 Å². The van der Waals surface area contributed by atoms with Crippen molar-refractivity contribution in [3.63, 3.8) is 0 Å². The summed E-state index contributed by atoms with van der Waals surface area (Å²) < 4.78 is 5.51. The summed E-state index contributed by atoms with van der Waals surface area (Å²) in [6.07, 6.45) is -0.0480. The lowest BCUT2D eigenvalue weighted by molar-refractivity contribution is -0.131. The van der Waals surface area contributed by atoms with E-state index in [0.29, 0.717) is 41.3 Å². The molecule has 35 heavy (non-hydrogen) atoms. The van der Waals surface area contributed by atoms with E-state index >= 15 is 0 Å². The summed E-state index contributed by atoms with van der Waals surface area (Å²) in [7, 11) is 0. The standard InChI is InChI=1S/C27H26ClN3O3S/c1-2-34-22-13-8-12-21(15-22)29-25(32)16-24-26(33)31(17-19-9-4-3-5-10-19)27(35)30(24)18-20-11-6-7-14-23(20)28/h3-15,24H,2,16-18H2,1H3,(H,29,32)/t24-/m1/s1. The minimum absolute atomic E-state index is 0.0480. The Labute approximate surface area is 215 Å². The summed E-state index contributed by atoms with van der Waals surface area (Å²) in [5, 5.41) is 3.85. The highest BCUT2D eigenvalue weighted by Gasteiger charge is 2.43. The normalized spacial score (nSPS) is 15.4. The Morgan fingerprint density at radius 3 is 2.51 bits per heavy atom. The molecule has 8 heteroatoms. The molecule has 1 saturated heterocycles. The highest BCUT2D eigenvalue weighted by Crippen LogP contribution is 2.28. The van der Waals surface area contributed by atoms with Crippen molar-refractivity contribution in [2.75, 3.05) is 11.9 Å². The average Bonchev–Trinajstić information content (AvgIpc) is 3.05. The van der Waals surface area contributed by atoms with Crippen LogP contribution in [0.2, 0.25) is 5.02 Å². The fourth-order valence-electron chi connectivity index (χ4n) is 4.01. The van der Waals surface area contributed by atoms with Gasteiger partial charge in [0.1, 0.15) is 11.8 Å². The Bertz CT molecular complexity index is 1220. The van der Waals surface area contributed by atoms with Crippen LogP contribution < -0.4 is 10.1 Å². The molecule has 2 amide bonds. The van der Waals surface area contributed by atoms with Crippen molar-refractivity contribution in [2.45, 2.75) is 32.5 Å². The van der Waals surface area contributed by atoms with E-state index in [1.165, 1.54) is 0 Å². The highest BCUT2D eigenvalue weighted by molar-refractivity contribution is 7.80. The molecule has 1 heterocycles. The van der Waals surface area contributed by atoms with Crippen LogP contribution in [0.25, 0.3) is 0 Å². The third-order valence-electron chi connectivity index (χ3n) is 5.69. The molecule has 4 rings (SSSR count). The molecule has 0 spiro atoms.